The van der Waals surface area contributed by atoms with Gasteiger partial charge in [0.1, 0.15) is 0 Å². The molecular formula is C16H17ClN2OS. The van der Waals surface area contributed by atoms with E-state index in [2.05, 4.69) is 0 Å². The summed E-state index contributed by atoms with van der Waals surface area (Å²) in [6.07, 6.45) is 1.01. The molecule has 1 aromatic heterocycles. The first-order valence-electron chi connectivity index (χ1n) is 7.02. The minimum atomic E-state index is 0.121. The van der Waals surface area contributed by atoms with Gasteiger partial charge in [-0.05, 0) is 48.7 Å². The summed E-state index contributed by atoms with van der Waals surface area (Å²) in [4.78, 5) is 16.3. The lowest BCUT2D eigenvalue weighted by molar-refractivity contribution is 0.0792. The Morgan fingerprint density at radius 2 is 2.05 bits per heavy atom. The van der Waals surface area contributed by atoms with Crippen molar-refractivity contribution in [3.63, 3.8) is 0 Å². The zero-order valence-corrected chi connectivity index (χ0v) is 13.2. The van der Waals surface area contributed by atoms with Crippen LogP contribution in [0, 0.1) is 5.92 Å². The summed E-state index contributed by atoms with van der Waals surface area (Å²) in [5, 5.41) is 0.719. The first-order valence-corrected chi connectivity index (χ1v) is 8.22. The number of hydrogen-bond acceptors (Lipinski definition) is 3. The molecule has 110 valence electrons. The van der Waals surface area contributed by atoms with E-state index in [0.29, 0.717) is 12.5 Å². The lowest BCUT2D eigenvalue weighted by Gasteiger charge is -2.14. The molecule has 1 amide bonds. The molecule has 1 aromatic carbocycles. The molecule has 5 heteroatoms. The molecule has 1 saturated heterocycles. The van der Waals surface area contributed by atoms with E-state index in [9.17, 15) is 4.79 Å². The van der Waals surface area contributed by atoms with Crippen LogP contribution in [0.5, 0.6) is 0 Å². The molecule has 0 aliphatic carbocycles. The van der Waals surface area contributed by atoms with E-state index in [0.717, 1.165) is 39.9 Å². The normalized spacial score (nSPS) is 18.2. The summed E-state index contributed by atoms with van der Waals surface area (Å²) < 4.78 is 0. The van der Waals surface area contributed by atoms with Crippen LogP contribution < -0.4 is 5.73 Å². The van der Waals surface area contributed by atoms with Crippen molar-refractivity contribution >= 4 is 28.8 Å². The summed E-state index contributed by atoms with van der Waals surface area (Å²) >= 11 is 7.43. The molecular weight excluding hydrogens is 304 g/mol. The van der Waals surface area contributed by atoms with Gasteiger partial charge in [-0.3, -0.25) is 4.79 Å². The highest BCUT2D eigenvalue weighted by atomic mass is 35.5. The second-order valence-electron chi connectivity index (χ2n) is 5.31. The molecule has 1 unspecified atom stereocenters. The van der Waals surface area contributed by atoms with Gasteiger partial charge in [-0.15, -0.1) is 11.3 Å². The van der Waals surface area contributed by atoms with E-state index in [4.69, 9.17) is 17.3 Å². The van der Waals surface area contributed by atoms with E-state index in [1.165, 1.54) is 11.3 Å². The lowest BCUT2D eigenvalue weighted by atomic mass is 10.1. The van der Waals surface area contributed by atoms with Gasteiger partial charge in [-0.1, -0.05) is 23.7 Å². The molecule has 3 rings (SSSR count). The standard InChI is InChI=1S/C16H17ClN2OS/c17-13-3-1-12(2-4-13)14-5-6-15(21-14)16(20)19-8-7-11(9-18)10-19/h1-6,11H,7-10,18H2. The molecule has 0 bridgehead atoms. The van der Waals surface area contributed by atoms with E-state index in [1.54, 1.807) is 0 Å². The van der Waals surface area contributed by atoms with Crippen LogP contribution in [0.2, 0.25) is 5.02 Å². The zero-order valence-electron chi connectivity index (χ0n) is 11.6. The van der Waals surface area contributed by atoms with E-state index < -0.39 is 0 Å². The molecule has 21 heavy (non-hydrogen) atoms. The predicted molar refractivity (Wildman–Crippen MR) is 87.8 cm³/mol. The fraction of sp³-hybridized carbons (Fsp3) is 0.312. The Morgan fingerprint density at radius 3 is 2.71 bits per heavy atom. The Balaban J connectivity index is 1.75. The van der Waals surface area contributed by atoms with Crippen LogP contribution in [0.25, 0.3) is 10.4 Å². The molecule has 2 N–H and O–H groups in total. The van der Waals surface area contributed by atoms with Crippen molar-refractivity contribution in [1.82, 2.24) is 4.90 Å². The molecule has 1 fully saturated rings. The van der Waals surface area contributed by atoms with Gasteiger partial charge in [0.05, 0.1) is 4.88 Å². The average molecular weight is 321 g/mol. The maximum atomic E-state index is 12.5. The summed E-state index contributed by atoms with van der Waals surface area (Å²) in [5.74, 6) is 0.570. The lowest BCUT2D eigenvalue weighted by Crippen LogP contribution is -2.29. The Hall–Kier alpha value is -1.36. The highest BCUT2D eigenvalue weighted by Gasteiger charge is 2.26. The fourth-order valence-electron chi connectivity index (χ4n) is 2.59. The van der Waals surface area contributed by atoms with Crippen LogP contribution in [0.15, 0.2) is 36.4 Å². The van der Waals surface area contributed by atoms with Gasteiger partial charge in [-0.25, -0.2) is 0 Å². The molecule has 0 radical (unpaired) electrons. The number of rotatable bonds is 3. The Bertz CT molecular complexity index is 638. The number of carbonyl (C=O) groups excluding carboxylic acids is 1. The van der Waals surface area contributed by atoms with E-state index >= 15 is 0 Å². The van der Waals surface area contributed by atoms with Crippen LogP contribution in [-0.4, -0.2) is 30.4 Å². The summed E-state index contributed by atoms with van der Waals surface area (Å²) in [5.41, 5.74) is 6.77. The molecule has 2 aromatic rings. The quantitative estimate of drug-likeness (QED) is 0.941. The Labute approximate surface area is 133 Å². The van der Waals surface area contributed by atoms with Gasteiger partial charge < -0.3 is 10.6 Å². The van der Waals surface area contributed by atoms with Crippen LogP contribution in [-0.2, 0) is 0 Å². The number of carbonyl (C=O) groups is 1. The maximum Gasteiger partial charge on any atom is 0.263 e. The average Bonchev–Trinajstić information content (AvgIpc) is 3.16. The van der Waals surface area contributed by atoms with Crippen molar-refractivity contribution in [3.8, 4) is 10.4 Å². The number of amides is 1. The van der Waals surface area contributed by atoms with Crippen LogP contribution in [0.3, 0.4) is 0 Å². The number of likely N-dealkylation sites (tertiary alicyclic amines) is 1. The number of benzene rings is 1. The van der Waals surface area contributed by atoms with Crippen molar-refractivity contribution in [2.24, 2.45) is 11.7 Å². The number of thiophene rings is 1. The molecule has 1 atom stereocenters. The summed E-state index contributed by atoms with van der Waals surface area (Å²) in [6, 6.07) is 11.6. The molecule has 1 aliphatic rings. The summed E-state index contributed by atoms with van der Waals surface area (Å²) in [7, 11) is 0. The summed E-state index contributed by atoms with van der Waals surface area (Å²) in [6.45, 7) is 2.25. The van der Waals surface area contributed by atoms with E-state index in [1.807, 2.05) is 41.3 Å². The third-order valence-corrected chi connectivity index (χ3v) is 5.23. The Morgan fingerprint density at radius 1 is 1.29 bits per heavy atom. The first kappa shape index (κ1) is 14.6. The van der Waals surface area contributed by atoms with Crippen molar-refractivity contribution in [3.05, 3.63) is 46.3 Å². The number of nitrogens with zero attached hydrogens (tertiary/aromatic N) is 1. The maximum absolute atomic E-state index is 12.5. The topological polar surface area (TPSA) is 46.3 Å². The molecule has 2 heterocycles. The number of hydrogen-bond donors (Lipinski definition) is 1. The SMILES string of the molecule is NCC1CCN(C(=O)c2ccc(-c3ccc(Cl)cc3)s2)C1. The second-order valence-corrected chi connectivity index (χ2v) is 6.83. The smallest absolute Gasteiger partial charge is 0.263 e. The van der Waals surface area contributed by atoms with Crippen molar-refractivity contribution in [2.45, 2.75) is 6.42 Å². The highest BCUT2D eigenvalue weighted by Crippen LogP contribution is 2.30. The van der Waals surface area contributed by atoms with Crippen molar-refractivity contribution in [2.75, 3.05) is 19.6 Å². The highest BCUT2D eigenvalue weighted by molar-refractivity contribution is 7.17. The Kier molecular flexibility index (Phi) is 4.29. The van der Waals surface area contributed by atoms with Gasteiger partial charge in [0.15, 0.2) is 0 Å². The predicted octanol–water partition coefficient (Wildman–Crippen LogP) is 3.49. The molecule has 3 nitrogen and oxygen atoms in total. The van der Waals surface area contributed by atoms with Gasteiger partial charge in [0.2, 0.25) is 0 Å². The largest absolute Gasteiger partial charge is 0.338 e. The molecule has 0 saturated carbocycles. The van der Waals surface area contributed by atoms with Gasteiger partial charge >= 0.3 is 0 Å². The fourth-order valence-corrected chi connectivity index (χ4v) is 3.69. The molecule has 0 spiro atoms. The van der Waals surface area contributed by atoms with Crippen LogP contribution >= 0.6 is 22.9 Å². The monoisotopic (exact) mass is 320 g/mol. The third-order valence-electron chi connectivity index (χ3n) is 3.85. The zero-order chi connectivity index (χ0) is 14.8. The van der Waals surface area contributed by atoms with E-state index in [-0.39, 0.29) is 5.91 Å². The first-order chi connectivity index (χ1) is 10.2. The van der Waals surface area contributed by atoms with Crippen molar-refractivity contribution in [1.29, 1.82) is 0 Å². The van der Waals surface area contributed by atoms with Gasteiger partial charge in [0, 0.05) is 23.0 Å². The minimum Gasteiger partial charge on any atom is -0.338 e. The van der Waals surface area contributed by atoms with Gasteiger partial charge in [0.25, 0.3) is 5.91 Å². The van der Waals surface area contributed by atoms with Crippen LogP contribution in [0.1, 0.15) is 16.1 Å². The molecule has 1 aliphatic heterocycles. The number of halogens is 1. The third kappa shape index (κ3) is 3.12. The second kappa shape index (κ2) is 6.18. The number of nitrogens with two attached hydrogens (primary N) is 1. The van der Waals surface area contributed by atoms with Crippen LogP contribution in [0.4, 0.5) is 0 Å². The van der Waals surface area contributed by atoms with Crippen molar-refractivity contribution < 1.29 is 4.79 Å². The van der Waals surface area contributed by atoms with Gasteiger partial charge in [-0.2, -0.15) is 0 Å². The minimum absolute atomic E-state index is 0.121.